The Balaban J connectivity index is 1.87. The van der Waals surface area contributed by atoms with E-state index in [4.69, 9.17) is 9.47 Å². The highest BCUT2D eigenvalue weighted by molar-refractivity contribution is 5.86. The average molecular weight is 340 g/mol. The zero-order chi connectivity index (χ0) is 18.2. The summed E-state index contributed by atoms with van der Waals surface area (Å²) in [6, 6.07) is 13.6. The second-order valence-corrected chi connectivity index (χ2v) is 5.93. The molecule has 0 aliphatic rings. The minimum Gasteiger partial charge on any atom is -0.496 e. The van der Waals surface area contributed by atoms with Crippen molar-refractivity contribution >= 4 is 11.6 Å². The molecular weight excluding hydrogens is 316 g/mol. The molecule has 0 aliphatic heterocycles. The summed E-state index contributed by atoms with van der Waals surface area (Å²) in [6.45, 7) is 5.72. The van der Waals surface area contributed by atoms with E-state index in [2.05, 4.69) is 10.5 Å². The molecule has 25 heavy (non-hydrogen) atoms. The van der Waals surface area contributed by atoms with Gasteiger partial charge in [-0.3, -0.25) is 4.79 Å². The summed E-state index contributed by atoms with van der Waals surface area (Å²) in [5, 5.41) is 4.13. The average Bonchev–Trinajstić information content (AvgIpc) is 2.61. The molecule has 0 aliphatic carbocycles. The molecule has 5 heteroatoms. The van der Waals surface area contributed by atoms with E-state index in [1.165, 1.54) is 0 Å². The number of nitrogens with zero attached hydrogens (tertiary/aromatic N) is 1. The number of benzene rings is 2. The topological polar surface area (TPSA) is 59.9 Å². The van der Waals surface area contributed by atoms with Crippen LogP contribution in [-0.2, 0) is 11.2 Å². The van der Waals surface area contributed by atoms with Crippen molar-refractivity contribution in [3.05, 3.63) is 59.2 Å². The number of rotatable bonds is 7. The van der Waals surface area contributed by atoms with Gasteiger partial charge in [0.25, 0.3) is 5.91 Å². The summed E-state index contributed by atoms with van der Waals surface area (Å²) >= 11 is 0. The van der Waals surface area contributed by atoms with Crippen molar-refractivity contribution in [2.45, 2.75) is 27.2 Å². The minimum atomic E-state index is -0.291. The first kappa shape index (κ1) is 18.5. The second kappa shape index (κ2) is 8.87. The number of carbonyl (C=O) groups excluding carboxylic acids is 1. The highest BCUT2D eigenvalue weighted by atomic mass is 16.5. The molecule has 0 unspecified atom stereocenters. The highest BCUT2D eigenvalue weighted by Crippen LogP contribution is 2.19. The minimum absolute atomic E-state index is 0.0737. The van der Waals surface area contributed by atoms with Gasteiger partial charge in [0.2, 0.25) is 0 Å². The van der Waals surface area contributed by atoms with E-state index in [-0.39, 0.29) is 12.5 Å². The predicted molar refractivity (Wildman–Crippen MR) is 99.4 cm³/mol. The lowest BCUT2D eigenvalue weighted by Gasteiger charge is -2.10. The third-order valence-corrected chi connectivity index (χ3v) is 3.71. The van der Waals surface area contributed by atoms with E-state index in [1.54, 1.807) is 7.11 Å². The standard InChI is InChI=1S/C20H24N2O3/c1-14-9-10-15(2)19(11-14)25-13-20(23)22-21-16(3)12-17-7-5-6-8-18(17)24-4/h5-11H,12-13H2,1-4H3,(H,22,23)/b21-16-. The third kappa shape index (κ3) is 5.64. The molecule has 2 rings (SSSR count). The molecule has 0 fully saturated rings. The van der Waals surface area contributed by atoms with Crippen LogP contribution < -0.4 is 14.9 Å². The number of para-hydroxylation sites is 1. The zero-order valence-corrected chi connectivity index (χ0v) is 15.1. The van der Waals surface area contributed by atoms with Crippen LogP contribution in [0.3, 0.4) is 0 Å². The maximum atomic E-state index is 11.9. The number of hydrazone groups is 1. The Morgan fingerprint density at radius 3 is 2.64 bits per heavy atom. The normalized spacial score (nSPS) is 11.1. The Bertz CT molecular complexity index is 769. The van der Waals surface area contributed by atoms with Crippen LogP contribution in [0.4, 0.5) is 0 Å². The number of hydrogen-bond donors (Lipinski definition) is 1. The van der Waals surface area contributed by atoms with E-state index < -0.39 is 0 Å². The van der Waals surface area contributed by atoms with Crippen molar-refractivity contribution in [1.29, 1.82) is 0 Å². The Morgan fingerprint density at radius 2 is 1.88 bits per heavy atom. The van der Waals surface area contributed by atoms with Crippen LogP contribution in [0.1, 0.15) is 23.6 Å². The van der Waals surface area contributed by atoms with Crippen molar-refractivity contribution in [3.63, 3.8) is 0 Å². The van der Waals surface area contributed by atoms with E-state index in [9.17, 15) is 4.79 Å². The van der Waals surface area contributed by atoms with Gasteiger partial charge in [-0.1, -0.05) is 30.3 Å². The first-order chi connectivity index (χ1) is 12.0. The number of hydrogen-bond acceptors (Lipinski definition) is 4. The molecule has 132 valence electrons. The summed E-state index contributed by atoms with van der Waals surface area (Å²) in [6.07, 6.45) is 0.599. The number of methoxy groups -OCH3 is 1. The van der Waals surface area contributed by atoms with Crippen molar-refractivity contribution in [3.8, 4) is 11.5 Å². The molecule has 2 aromatic carbocycles. The molecule has 0 heterocycles. The van der Waals surface area contributed by atoms with E-state index in [0.717, 1.165) is 28.2 Å². The molecule has 0 radical (unpaired) electrons. The van der Waals surface area contributed by atoms with Crippen molar-refractivity contribution in [2.75, 3.05) is 13.7 Å². The Morgan fingerprint density at radius 1 is 1.12 bits per heavy atom. The molecule has 0 saturated heterocycles. The van der Waals surface area contributed by atoms with Crippen molar-refractivity contribution < 1.29 is 14.3 Å². The lowest BCUT2D eigenvalue weighted by atomic mass is 10.1. The lowest BCUT2D eigenvalue weighted by molar-refractivity contribution is -0.123. The molecule has 2 aromatic rings. The van der Waals surface area contributed by atoms with Gasteiger partial charge in [0.15, 0.2) is 6.61 Å². The van der Waals surface area contributed by atoms with Crippen LogP contribution in [0, 0.1) is 13.8 Å². The molecule has 1 amide bonds. The smallest absolute Gasteiger partial charge is 0.277 e. The second-order valence-electron chi connectivity index (χ2n) is 5.93. The summed E-state index contributed by atoms with van der Waals surface area (Å²) in [4.78, 5) is 11.9. The van der Waals surface area contributed by atoms with Crippen LogP contribution in [-0.4, -0.2) is 25.3 Å². The summed E-state index contributed by atoms with van der Waals surface area (Å²) in [7, 11) is 1.64. The van der Waals surface area contributed by atoms with Crippen molar-refractivity contribution in [1.82, 2.24) is 5.43 Å². The Kier molecular flexibility index (Phi) is 6.57. The van der Waals surface area contributed by atoms with Gasteiger partial charge in [0, 0.05) is 12.1 Å². The Labute approximate surface area is 148 Å². The van der Waals surface area contributed by atoms with Gasteiger partial charge in [0.1, 0.15) is 11.5 Å². The van der Waals surface area contributed by atoms with Gasteiger partial charge in [-0.15, -0.1) is 0 Å². The molecule has 0 spiro atoms. The van der Waals surface area contributed by atoms with Crippen LogP contribution in [0.25, 0.3) is 0 Å². The van der Waals surface area contributed by atoms with E-state index >= 15 is 0 Å². The quantitative estimate of drug-likeness (QED) is 0.620. The first-order valence-corrected chi connectivity index (χ1v) is 8.13. The third-order valence-electron chi connectivity index (χ3n) is 3.71. The number of ether oxygens (including phenoxy) is 2. The molecular formula is C20H24N2O3. The predicted octanol–water partition coefficient (Wildman–Crippen LogP) is 3.43. The van der Waals surface area contributed by atoms with Crippen LogP contribution in [0.15, 0.2) is 47.6 Å². The molecule has 0 atom stereocenters. The molecule has 0 bridgehead atoms. The molecule has 5 nitrogen and oxygen atoms in total. The zero-order valence-electron chi connectivity index (χ0n) is 15.1. The monoisotopic (exact) mass is 340 g/mol. The fourth-order valence-electron chi connectivity index (χ4n) is 2.36. The fraction of sp³-hybridized carbons (Fsp3) is 0.300. The van der Waals surface area contributed by atoms with Gasteiger partial charge in [-0.2, -0.15) is 5.10 Å². The van der Waals surface area contributed by atoms with Crippen LogP contribution in [0.2, 0.25) is 0 Å². The summed E-state index contributed by atoms with van der Waals surface area (Å²) < 4.78 is 10.9. The highest BCUT2D eigenvalue weighted by Gasteiger charge is 2.06. The Hall–Kier alpha value is -2.82. The number of nitrogens with one attached hydrogen (secondary N) is 1. The molecule has 1 N–H and O–H groups in total. The van der Waals surface area contributed by atoms with Gasteiger partial charge in [-0.05, 0) is 49.6 Å². The largest absolute Gasteiger partial charge is 0.496 e. The van der Waals surface area contributed by atoms with Gasteiger partial charge in [0.05, 0.1) is 7.11 Å². The fourth-order valence-corrected chi connectivity index (χ4v) is 2.36. The van der Waals surface area contributed by atoms with Crippen LogP contribution >= 0.6 is 0 Å². The van der Waals surface area contributed by atoms with E-state index in [1.807, 2.05) is 63.2 Å². The van der Waals surface area contributed by atoms with E-state index in [0.29, 0.717) is 12.2 Å². The number of carbonyl (C=O) groups is 1. The van der Waals surface area contributed by atoms with Gasteiger partial charge < -0.3 is 9.47 Å². The van der Waals surface area contributed by atoms with Gasteiger partial charge >= 0.3 is 0 Å². The maximum absolute atomic E-state index is 11.9. The lowest BCUT2D eigenvalue weighted by Crippen LogP contribution is -2.26. The summed E-state index contributed by atoms with van der Waals surface area (Å²) in [5.41, 5.74) is 6.41. The number of aryl methyl sites for hydroxylation is 2. The van der Waals surface area contributed by atoms with Crippen LogP contribution in [0.5, 0.6) is 11.5 Å². The van der Waals surface area contributed by atoms with Gasteiger partial charge in [-0.25, -0.2) is 5.43 Å². The van der Waals surface area contributed by atoms with Crippen molar-refractivity contribution in [2.24, 2.45) is 5.10 Å². The molecule has 0 aromatic heterocycles. The molecule has 0 saturated carbocycles. The summed E-state index contributed by atoms with van der Waals surface area (Å²) in [5.74, 6) is 1.23. The first-order valence-electron chi connectivity index (χ1n) is 8.13. The SMILES string of the molecule is COc1ccccc1C/C(C)=N\NC(=O)COc1cc(C)ccc1C. The number of amides is 1. The maximum Gasteiger partial charge on any atom is 0.277 e.